The number of methoxy groups -OCH3 is 1. The van der Waals surface area contributed by atoms with Crippen molar-refractivity contribution in [2.45, 2.75) is 31.8 Å². The summed E-state index contributed by atoms with van der Waals surface area (Å²) in [4.78, 5) is 30.0. The van der Waals surface area contributed by atoms with E-state index in [1.54, 1.807) is 19.2 Å². The summed E-state index contributed by atoms with van der Waals surface area (Å²) in [6.45, 7) is 3.36. The maximum Gasteiger partial charge on any atom is 0.336 e. The minimum absolute atomic E-state index is 0.0808. The van der Waals surface area contributed by atoms with Crippen molar-refractivity contribution in [3.8, 4) is 5.75 Å². The lowest BCUT2D eigenvalue weighted by atomic mass is 9.68. The van der Waals surface area contributed by atoms with Gasteiger partial charge in [-0.05, 0) is 60.8 Å². The fourth-order valence-electron chi connectivity index (χ4n) is 5.95. The van der Waals surface area contributed by atoms with Crippen molar-refractivity contribution in [1.82, 2.24) is 9.80 Å². The summed E-state index contributed by atoms with van der Waals surface area (Å²) >= 11 is 0. The van der Waals surface area contributed by atoms with Crippen molar-refractivity contribution < 1.29 is 19.4 Å². The molecule has 186 valence electrons. The number of ether oxygens (including phenoxy) is 1. The van der Waals surface area contributed by atoms with Crippen LogP contribution in [0.2, 0.25) is 0 Å². The fourth-order valence-corrected chi connectivity index (χ4v) is 5.95. The second kappa shape index (κ2) is 10.2. The van der Waals surface area contributed by atoms with Gasteiger partial charge in [0.1, 0.15) is 5.75 Å². The van der Waals surface area contributed by atoms with Gasteiger partial charge >= 0.3 is 5.97 Å². The highest BCUT2D eigenvalue weighted by atomic mass is 16.5. The number of carboxylic acids is 1. The molecule has 0 radical (unpaired) electrons. The zero-order chi connectivity index (χ0) is 25.1. The lowest BCUT2D eigenvalue weighted by Gasteiger charge is -2.41. The molecule has 3 aromatic rings. The normalized spacial score (nSPS) is 19.5. The van der Waals surface area contributed by atoms with Gasteiger partial charge in [0.05, 0.1) is 18.1 Å². The Bertz CT molecular complexity index is 1230. The first-order valence-electron chi connectivity index (χ1n) is 12.5. The first-order valence-corrected chi connectivity index (χ1v) is 12.5. The van der Waals surface area contributed by atoms with Crippen LogP contribution in [0.25, 0.3) is 0 Å². The summed E-state index contributed by atoms with van der Waals surface area (Å²) in [5, 5.41) is 9.57. The van der Waals surface area contributed by atoms with E-state index in [0.717, 1.165) is 48.4 Å². The number of carbonyl (C=O) groups excluding carboxylic acids is 1. The topological polar surface area (TPSA) is 70.1 Å². The van der Waals surface area contributed by atoms with Gasteiger partial charge in [-0.25, -0.2) is 4.79 Å². The molecule has 2 heterocycles. The van der Waals surface area contributed by atoms with Crippen LogP contribution >= 0.6 is 0 Å². The van der Waals surface area contributed by atoms with Gasteiger partial charge in [0.25, 0.3) is 0 Å². The number of hydrogen-bond donors (Lipinski definition) is 1. The van der Waals surface area contributed by atoms with Gasteiger partial charge in [-0.1, -0.05) is 60.7 Å². The number of piperidine rings is 1. The van der Waals surface area contributed by atoms with Crippen LogP contribution in [-0.2, 0) is 17.9 Å². The molecule has 2 aliphatic heterocycles. The molecule has 6 heteroatoms. The highest BCUT2D eigenvalue weighted by Crippen LogP contribution is 2.51. The number of rotatable bonds is 7. The van der Waals surface area contributed by atoms with Crippen molar-refractivity contribution >= 4 is 11.9 Å². The Balaban J connectivity index is 1.40. The van der Waals surface area contributed by atoms with Crippen molar-refractivity contribution in [3.05, 3.63) is 101 Å². The Labute approximate surface area is 212 Å². The van der Waals surface area contributed by atoms with Crippen LogP contribution < -0.4 is 4.74 Å². The molecule has 0 aliphatic carbocycles. The molecule has 1 spiro atoms. The number of aromatic carboxylic acids is 1. The number of nitrogens with zero attached hydrogens (tertiary/aromatic N) is 2. The predicted octanol–water partition coefficient (Wildman–Crippen LogP) is 4.80. The summed E-state index contributed by atoms with van der Waals surface area (Å²) in [6.07, 6.45) is 1.49. The van der Waals surface area contributed by atoms with Crippen molar-refractivity contribution in [2.75, 3.05) is 26.7 Å². The molecule has 0 unspecified atom stereocenters. The quantitative estimate of drug-likeness (QED) is 0.522. The maximum absolute atomic E-state index is 14.0. The maximum atomic E-state index is 14.0. The van der Waals surface area contributed by atoms with Gasteiger partial charge in [0.15, 0.2) is 0 Å². The number of hydrogen-bond acceptors (Lipinski definition) is 4. The summed E-state index contributed by atoms with van der Waals surface area (Å²) in [6, 6.07) is 25.5. The van der Waals surface area contributed by atoms with E-state index in [9.17, 15) is 14.7 Å². The summed E-state index contributed by atoms with van der Waals surface area (Å²) in [7, 11) is 1.67. The van der Waals surface area contributed by atoms with E-state index >= 15 is 0 Å². The van der Waals surface area contributed by atoms with Crippen LogP contribution in [0.4, 0.5) is 0 Å². The lowest BCUT2D eigenvalue weighted by molar-refractivity contribution is -0.139. The van der Waals surface area contributed by atoms with E-state index < -0.39 is 11.4 Å². The number of carboxylic acid groups (broad SMARTS) is 1. The Morgan fingerprint density at radius 2 is 1.69 bits per heavy atom. The lowest BCUT2D eigenvalue weighted by Crippen LogP contribution is -2.46. The zero-order valence-electron chi connectivity index (χ0n) is 20.6. The molecule has 3 aromatic carbocycles. The molecule has 36 heavy (non-hydrogen) atoms. The largest absolute Gasteiger partial charge is 0.497 e. The van der Waals surface area contributed by atoms with Gasteiger partial charge in [-0.2, -0.15) is 0 Å². The number of carbonyl (C=O) groups is 2. The van der Waals surface area contributed by atoms with E-state index in [1.807, 2.05) is 47.4 Å². The highest BCUT2D eigenvalue weighted by Gasteiger charge is 2.55. The van der Waals surface area contributed by atoms with Crippen LogP contribution in [0, 0.1) is 5.41 Å². The second-order valence-electron chi connectivity index (χ2n) is 9.90. The van der Waals surface area contributed by atoms with E-state index in [2.05, 4.69) is 29.2 Å². The standard InChI is InChI=1S/C30H32N2O4/c1-36-25-12-7-11-23(18-25)27-21-32(19-22-8-3-2-4-9-22)29(35)30(27)14-16-31(17-15-30)20-24-10-5-6-13-26(24)28(33)34/h2-13,18,27H,14-17,19-21H2,1H3,(H,33,34)/t27-/m0/s1. The molecule has 0 saturated carbocycles. The van der Waals surface area contributed by atoms with Crippen LogP contribution in [0.1, 0.15) is 45.8 Å². The molecule has 1 atom stereocenters. The smallest absolute Gasteiger partial charge is 0.336 e. The molecule has 1 N–H and O–H groups in total. The van der Waals surface area contributed by atoms with Crippen LogP contribution in [0.15, 0.2) is 78.9 Å². The third-order valence-corrected chi connectivity index (χ3v) is 7.89. The minimum Gasteiger partial charge on any atom is -0.497 e. The summed E-state index contributed by atoms with van der Waals surface area (Å²) in [5.41, 5.74) is 2.97. The Morgan fingerprint density at radius 1 is 0.972 bits per heavy atom. The molecule has 5 rings (SSSR count). The predicted molar refractivity (Wildman–Crippen MR) is 138 cm³/mol. The van der Waals surface area contributed by atoms with Gasteiger partial charge in [0.2, 0.25) is 5.91 Å². The van der Waals surface area contributed by atoms with Gasteiger partial charge in [-0.3, -0.25) is 9.69 Å². The number of likely N-dealkylation sites (tertiary alicyclic amines) is 2. The summed E-state index contributed by atoms with van der Waals surface area (Å²) in [5.74, 6) is 0.209. The van der Waals surface area contributed by atoms with Gasteiger partial charge in [0, 0.05) is 25.6 Å². The van der Waals surface area contributed by atoms with E-state index in [1.165, 1.54) is 0 Å². The van der Waals surface area contributed by atoms with Gasteiger partial charge in [-0.15, -0.1) is 0 Å². The molecular formula is C30H32N2O4. The average molecular weight is 485 g/mol. The molecular weight excluding hydrogens is 452 g/mol. The Morgan fingerprint density at radius 3 is 2.42 bits per heavy atom. The molecule has 0 aromatic heterocycles. The van der Waals surface area contributed by atoms with E-state index in [0.29, 0.717) is 25.2 Å². The highest BCUT2D eigenvalue weighted by molar-refractivity contribution is 5.89. The van der Waals surface area contributed by atoms with Gasteiger partial charge < -0.3 is 14.7 Å². The zero-order valence-corrected chi connectivity index (χ0v) is 20.6. The van der Waals surface area contributed by atoms with E-state index in [4.69, 9.17) is 4.74 Å². The van der Waals surface area contributed by atoms with Crippen LogP contribution in [-0.4, -0.2) is 53.5 Å². The minimum atomic E-state index is -0.903. The van der Waals surface area contributed by atoms with Crippen LogP contribution in [0.5, 0.6) is 5.75 Å². The third-order valence-electron chi connectivity index (χ3n) is 7.89. The monoisotopic (exact) mass is 484 g/mol. The first kappa shape index (κ1) is 24.1. The molecule has 1 amide bonds. The van der Waals surface area contributed by atoms with Crippen LogP contribution in [0.3, 0.4) is 0 Å². The SMILES string of the molecule is COc1cccc([C@@H]2CN(Cc3ccccc3)C(=O)C23CCN(Cc2ccccc2C(=O)O)CC3)c1. The molecule has 6 nitrogen and oxygen atoms in total. The molecule has 0 bridgehead atoms. The van der Waals surface area contributed by atoms with Crippen molar-refractivity contribution in [2.24, 2.45) is 5.41 Å². The van der Waals surface area contributed by atoms with Crippen molar-refractivity contribution in [1.29, 1.82) is 0 Å². The number of benzene rings is 3. The third kappa shape index (κ3) is 4.61. The molecule has 2 aliphatic rings. The number of amides is 1. The average Bonchev–Trinajstić information content (AvgIpc) is 3.17. The van der Waals surface area contributed by atoms with E-state index in [-0.39, 0.29) is 11.8 Å². The fraction of sp³-hybridized carbons (Fsp3) is 0.333. The summed E-state index contributed by atoms with van der Waals surface area (Å²) < 4.78 is 5.50. The first-order chi connectivity index (χ1) is 17.5. The second-order valence-corrected chi connectivity index (χ2v) is 9.90. The Kier molecular flexibility index (Phi) is 6.79. The Hall–Kier alpha value is -3.64. The molecule has 2 saturated heterocycles. The van der Waals surface area contributed by atoms with Crippen molar-refractivity contribution in [3.63, 3.8) is 0 Å². The molecule has 2 fully saturated rings.